The highest BCUT2D eigenvalue weighted by Gasteiger charge is 2.23. The lowest BCUT2D eigenvalue weighted by Gasteiger charge is -2.31. The van der Waals surface area contributed by atoms with Crippen LogP contribution in [0.5, 0.6) is 0 Å². The maximum absolute atomic E-state index is 4.80. The second-order valence-corrected chi connectivity index (χ2v) is 8.86. The van der Waals surface area contributed by atoms with Crippen molar-refractivity contribution in [2.45, 2.75) is 38.5 Å². The second-order valence-electron chi connectivity index (χ2n) is 8.06. The molecule has 1 aliphatic rings. The Hall–Kier alpha value is -2.17. The van der Waals surface area contributed by atoms with E-state index in [-0.39, 0.29) is 0 Å². The van der Waals surface area contributed by atoms with Crippen molar-refractivity contribution in [3.63, 3.8) is 0 Å². The van der Waals surface area contributed by atoms with E-state index >= 15 is 0 Å². The first-order valence-electron chi connectivity index (χ1n) is 10.4. The molecule has 0 aliphatic carbocycles. The Kier molecular flexibility index (Phi) is 4.91. The Morgan fingerprint density at radius 2 is 1.79 bits per heavy atom. The summed E-state index contributed by atoms with van der Waals surface area (Å²) in [6, 6.07) is 17.4. The molecule has 0 atom stereocenters. The van der Waals surface area contributed by atoms with Gasteiger partial charge in [-0.2, -0.15) is 4.37 Å². The van der Waals surface area contributed by atoms with E-state index in [1.54, 1.807) is 11.5 Å². The molecule has 1 N–H and O–H groups in total. The number of nitrogens with one attached hydrogen (secondary N) is 1. The maximum atomic E-state index is 4.80. The summed E-state index contributed by atoms with van der Waals surface area (Å²) >= 11 is 1.66. The summed E-state index contributed by atoms with van der Waals surface area (Å²) in [5.74, 6) is 0.628. The zero-order valence-electron chi connectivity index (χ0n) is 16.4. The lowest BCUT2D eigenvalue weighted by molar-refractivity contribution is 0.209. The molecule has 28 heavy (non-hydrogen) atoms. The topological polar surface area (TPSA) is 31.9 Å². The summed E-state index contributed by atoms with van der Waals surface area (Å²) in [6.07, 6.45) is 4.86. The van der Waals surface area contributed by atoms with E-state index in [0.29, 0.717) is 5.92 Å². The lowest BCUT2D eigenvalue weighted by Crippen LogP contribution is -2.34. The summed E-state index contributed by atoms with van der Waals surface area (Å²) in [5.41, 5.74) is 5.44. The van der Waals surface area contributed by atoms with Crippen molar-refractivity contribution in [2.24, 2.45) is 0 Å². The molecule has 3 heterocycles. The molecule has 1 fully saturated rings. The van der Waals surface area contributed by atoms with Gasteiger partial charge in [-0.1, -0.05) is 36.4 Å². The third-order valence-electron chi connectivity index (χ3n) is 6.31. The largest absolute Gasteiger partial charge is 0.358 e. The molecule has 0 amide bonds. The van der Waals surface area contributed by atoms with Gasteiger partial charge in [0.15, 0.2) is 0 Å². The van der Waals surface area contributed by atoms with Gasteiger partial charge in [-0.3, -0.25) is 0 Å². The molecule has 0 bridgehead atoms. The first-order chi connectivity index (χ1) is 13.8. The second kappa shape index (κ2) is 7.69. The number of para-hydroxylation sites is 1. The van der Waals surface area contributed by atoms with E-state index in [0.717, 1.165) is 6.42 Å². The number of aryl methyl sites for hydroxylation is 2. The molecule has 144 valence electrons. The van der Waals surface area contributed by atoms with Crippen LogP contribution in [0.3, 0.4) is 0 Å². The molecule has 4 aromatic rings. The van der Waals surface area contributed by atoms with Gasteiger partial charge in [0.1, 0.15) is 0 Å². The lowest BCUT2D eigenvalue weighted by atomic mass is 9.91. The van der Waals surface area contributed by atoms with Gasteiger partial charge < -0.3 is 9.88 Å². The number of aromatic nitrogens is 2. The van der Waals surface area contributed by atoms with Gasteiger partial charge in [0.2, 0.25) is 0 Å². The van der Waals surface area contributed by atoms with Crippen molar-refractivity contribution in [1.29, 1.82) is 0 Å². The summed E-state index contributed by atoms with van der Waals surface area (Å²) in [4.78, 5) is 6.18. The molecular weight excluding hydrogens is 362 g/mol. The van der Waals surface area contributed by atoms with Crippen molar-refractivity contribution < 1.29 is 0 Å². The molecule has 1 aliphatic heterocycles. The minimum absolute atomic E-state index is 0.628. The summed E-state index contributed by atoms with van der Waals surface area (Å²) < 4.78 is 6.13. The molecule has 0 radical (unpaired) electrons. The average Bonchev–Trinajstić information content (AvgIpc) is 3.30. The molecule has 0 unspecified atom stereocenters. The Morgan fingerprint density at radius 3 is 2.64 bits per heavy atom. The van der Waals surface area contributed by atoms with Gasteiger partial charge in [-0.25, -0.2) is 0 Å². The molecule has 0 spiro atoms. The van der Waals surface area contributed by atoms with Crippen molar-refractivity contribution in [3.8, 4) is 0 Å². The molecule has 2 aromatic heterocycles. The Balaban J connectivity index is 1.17. The van der Waals surface area contributed by atoms with Crippen LogP contribution < -0.4 is 0 Å². The average molecular weight is 390 g/mol. The van der Waals surface area contributed by atoms with Crippen LogP contribution in [0.15, 0.2) is 48.5 Å². The quantitative estimate of drug-likeness (QED) is 0.461. The van der Waals surface area contributed by atoms with Crippen LogP contribution in [0.25, 0.3) is 21.0 Å². The molecular formula is C24H27N3S. The van der Waals surface area contributed by atoms with Crippen molar-refractivity contribution >= 4 is 32.5 Å². The third kappa shape index (κ3) is 3.36. The number of hydrogen-bond donors (Lipinski definition) is 1. The number of aromatic amines is 1. The standard InChI is InChI=1S/C24H27N3S/c1-17-19(20-7-2-4-10-22(20)25-17)9-6-14-27-15-12-18(13-16-27)24-21-8-3-5-11-23(21)28-26-24/h2-5,7-8,10-11,18,25H,6,9,12-16H2,1H3. The van der Waals surface area contributed by atoms with E-state index in [1.165, 1.54) is 76.8 Å². The summed E-state index contributed by atoms with van der Waals surface area (Å²) in [6.45, 7) is 5.80. The number of piperidine rings is 1. The number of benzene rings is 2. The smallest absolute Gasteiger partial charge is 0.0652 e. The molecule has 3 nitrogen and oxygen atoms in total. The molecule has 2 aromatic carbocycles. The highest BCUT2D eigenvalue weighted by atomic mass is 32.1. The Morgan fingerprint density at radius 1 is 1.04 bits per heavy atom. The van der Waals surface area contributed by atoms with E-state index in [2.05, 4.69) is 65.3 Å². The fourth-order valence-electron chi connectivity index (χ4n) is 4.77. The van der Waals surface area contributed by atoms with E-state index in [1.807, 2.05) is 0 Å². The van der Waals surface area contributed by atoms with Crippen LogP contribution in [0, 0.1) is 6.92 Å². The van der Waals surface area contributed by atoms with Gasteiger partial charge in [0.05, 0.1) is 10.4 Å². The highest BCUT2D eigenvalue weighted by molar-refractivity contribution is 7.13. The van der Waals surface area contributed by atoms with Gasteiger partial charge in [0.25, 0.3) is 0 Å². The summed E-state index contributed by atoms with van der Waals surface area (Å²) in [5, 5.41) is 2.77. The zero-order valence-corrected chi connectivity index (χ0v) is 17.3. The van der Waals surface area contributed by atoms with Crippen LogP contribution in [-0.2, 0) is 6.42 Å². The Labute approximate surface area is 170 Å². The van der Waals surface area contributed by atoms with Crippen molar-refractivity contribution in [2.75, 3.05) is 19.6 Å². The van der Waals surface area contributed by atoms with Crippen LogP contribution in [-0.4, -0.2) is 33.9 Å². The monoisotopic (exact) mass is 389 g/mol. The molecule has 5 rings (SSSR count). The van der Waals surface area contributed by atoms with Crippen LogP contribution in [0.2, 0.25) is 0 Å². The van der Waals surface area contributed by atoms with Crippen LogP contribution in [0.4, 0.5) is 0 Å². The number of H-pyrrole nitrogens is 1. The molecule has 4 heteroatoms. The van der Waals surface area contributed by atoms with E-state index in [9.17, 15) is 0 Å². The van der Waals surface area contributed by atoms with Gasteiger partial charge >= 0.3 is 0 Å². The molecule has 1 saturated heterocycles. The highest BCUT2D eigenvalue weighted by Crippen LogP contribution is 2.34. The van der Waals surface area contributed by atoms with E-state index < -0.39 is 0 Å². The number of likely N-dealkylation sites (tertiary alicyclic amines) is 1. The van der Waals surface area contributed by atoms with Gasteiger partial charge in [-0.15, -0.1) is 0 Å². The summed E-state index contributed by atoms with van der Waals surface area (Å²) in [7, 11) is 0. The number of fused-ring (bicyclic) bond motifs is 2. The maximum Gasteiger partial charge on any atom is 0.0652 e. The van der Waals surface area contributed by atoms with Gasteiger partial charge in [0, 0.05) is 27.9 Å². The van der Waals surface area contributed by atoms with Crippen LogP contribution in [0.1, 0.15) is 42.1 Å². The minimum Gasteiger partial charge on any atom is -0.358 e. The fourth-order valence-corrected chi connectivity index (χ4v) is 5.62. The third-order valence-corrected chi connectivity index (χ3v) is 7.15. The van der Waals surface area contributed by atoms with E-state index in [4.69, 9.17) is 4.37 Å². The molecule has 0 saturated carbocycles. The fraction of sp³-hybridized carbons (Fsp3) is 0.375. The number of rotatable bonds is 5. The Bertz CT molecular complexity index is 1090. The predicted molar refractivity (Wildman–Crippen MR) is 119 cm³/mol. The normalized spacial score (nSPS) is 16.3. The number of hydrogen-bond acceptors (Lipinski definition) is 3. The van der Waals surface area contributed by atoms with Crippen molar-refractivity contribution in [3.05, 3.63) is 65.5 Å². The van der Waals surface area contributed by atoms with Crippen LogP contribution >= 0.6 is 11.5 Å². The predicted octanol–water partition coefficient (Wildman–Crippen LogP) is 5.90. The SMILES string of the molecule is Cc1[nH]c2ccccc2c1CCCN1CCC(c2nsc3ccccc23)CC1. The number of nitrogens with zero attached hydrogens (tertiary/aromatic N) is 2. The minimum atomic E-state index is 0.628. The first kappa shape index (κ1) is 17.9. The zero-order chi connectivity index (χ0) is 18.9. The first-order valence-corrected chi connectivity index (χ1v) is 11.2. The van der Waals surface area contributed by atoms with Gasteiger partial charge in [-0.05, 0) is 81.5 Å². The van der Waals surface area contributed by atoms with Crippen molar-refractivity contribution in [1.82, 2.24) is 14.3 Å².